The summed E-state index contributed by atoms with van der Waals surface area (Å²) in [4.78, 5) is 13.7. The van der Waals surface area contributed by atoms with E-state index in [0.29, 0.717) is 0 Å². The molecule has 2 aromatic carbocycles. The first-order valence-corrected chi connectivity index (χ1v) is 8.15. The molecule has 110 valence electrons. The molecule has 0 aliphatic carbocycles. The zero-order chi connectivity index (χ0) is 15.1. The van der Waals surface area contributed by atoms with Gasteiger partial charge >= 0.3 is 0 Å². The highest BCUT2D eigenvalue weighted by Gasteiger charge is 2.22. The molecule has 0 aliphatic rings. The molecule has 0 bridgehead atoms. The fourth-order valence-electron chi connectivity index (χ4n) is 1.96. The zero-order valence-corrected chi connectivity index (χ0v) is 13.3. The Labute approximate surface area is 131 Å². The van der Waals surface area contributed by atoms with Crippen LogP contribution in [0, 0.1) is 0 Å². The molecule has 0 fully saturated rings. The molecule has 3 heteroatoms. The molecule has 21 heavy (non-hydrogen) atoms. The second-order valence-corrected chi connectivity index (χ2v) is 6.22. The molecule has 0 aliphatic heterocycles. The minimum Gasteiger partial charge on any atom is -0.352 e. The van der Waals surface area contributed by atoms with Gasteiger partial charge in [-0.15, -0.1) is 11.8 Å². The van der Waals surface area contributed by atoms with Crippen molar-refractivity contribution >= 4 is 17.7 Å². The molecule has 0 spiro atoms. The van der Waals surface area contributed by atoms with Crippen LogP contribution in [-0.2, 0) is 4.79 Å². The van der Waals surface area contributed by atoms with Crippen LogP contribution >= 0.6 is 11.8 Å². The summed E-state index contributed by atoms with van der Waals surface area (Å²) in [6.45, 7) is 4.11. The van der Waals surface area contributed by atoms with Crippen LogP contribution in [0.25, 0.3) is 0 Å². The van der Waals surface area contributed by atoms with Crippen LogP contribution in [0.2, 0.25) is 0 Å². The van der Waals surface area contributed by atoms with E-state index >= 15 is 0 Å². The molecule has 2 aromatic rings. The van der Waals surface area contributed by atoms with Gasteiger partial charge in [0.2, 0.25) is 5.91 Å². The number of benzene rings is 2. The lowest BCUT2D eigenvalue weighted by Gasteiger charge is -2.19. The predicted molar refractivity (Wildman–Crippen MR) is 89.4 cm³/mol. The van der Waals surface area contributed by atoms with Crippen molar-refractivity contribution in [2.45, 2.75) is 36.5 Å². The van der Waals surface area contributed by atoms with Gasteiger partial charge in [-0.3, -0.25) is 4.79 Å². The summed E-state index contributed by atoms with van der Waals surface area (Å²) in [6, 6.07) is 20.2. The predicted octanol–water partition coefficient (Wildman–Crippen LogP) is 4.43. The molecule has 0 saturated heterocycles. The topological polar surface area (TPSA) is 29.1 Å². The van der Waals surface area contributed by atoms with Crippen molar-refractivity contribution in [3.05, 3.63) is 66.2 Å². The standard InChI is InChI=1S/C18H21NOS/c1-3-14(2)19-18(20)17(15-10-6-4-7-11-15)21-16-12-8-5-9-13-16/h4-14,17H,3H2,1-2H3,(H,19,20)/t14?,17-/m1/s1. The van der Waals surface area contributed by atoms with E-state index in [1.54, 1.807) is 11.8 Å². The van der Waals surface area contributed by atoms with E-state index in [1.807, 2.05) is 67.6 Å². The Morgan fingerprint density at radius 1 is 1.05 bits per heavy atom. The van der Waals surface area contributed by atoms with Gasteiger partial charge in [-0.2, -0.15) is 0 Å². The molecule has 2 rings (SSSR count). The minimum atomic E-state index is -0.220. The first-order chi connectivity index (χ1) is 10.2. The number of hydrogen-bond donors (Lipinski definition) is 1. The lowest BCUT2D eigenvalue weighted by atomic mass is 10.1. The molecule has 1 N–H and O–H groups in total. The van der Waals surface area contributed by atoms with Gasteiger partial charge in [0.05, 0.1) is 0 Å². The van der Waals surface area contributed by atoms with Crippen molar-refractivity contribution in [3.8, 4) is 0 Å². The Balaban J connectivity index is 2.20. The highest BCUT2D eigenvalue weighted by atomic mass is 32.2. The van der Waals surface area contributed by atoms with E-state index in [2.05, 4.69) is 12.2 Å². The van der Waals surface area contributed by atoms with Crippen LogP contribution in [0.1, 0.15) is 31.1 Å². The molecular formula is C18H21NOS. The fourth-order valence-corrected chi connectivity index (χ4v) is 3.01. The first-order valence-electron chi connectivity index (χ1n) is 7.27. The van der Waals surface area contributed by atoms with Gasteiger partial charge in [0.25, 0.3) is 0 Å². The number of amides is 1. The lowest BCUT2D eigenvalue weighted by Crippen LogP contribution is -2.35. The number of hydrogen-bond acceptors (Lipinski definition) is 2. The number of thioether (sulfide) groups is 1. The maximum atomic E-state index is 12.6. The number of rotatable bonds is 6. The van der Waals surface area contributed by atoms with Gasteiger partial charge in [0, 0.05) is 10.9 Å². The Morgan fingerprint density at radius 2 is 1.62 bits per heavy atom. The third-order valence-corrected chi connectivity index (χ3v) is 4.60. The summed E-state index contributed by atoms with van der Waals surface area (Å²) in [6.07, 6.45) is 0.934. The molecule has 1 amide bonds. The molecular weight excluding hydrogens is 278 g/mol. The van der Waals surface area contributed by atoms with Crippen LogP contribution < -0.4 is 5.32 Å². The normalized spacial score (nSPS) is 13.4. The van der Waals surface area contributed by atoms with Crippen LogP contribution in [0.3, 0.4) is 0 Å². The maximum Gasteiger partial charge on any atom is 0.238 e. The lowest BCUT2D eigenvalue weighted by molar-refractivity contribution is -0.121. The van der Waals surface area contributed by atoms with E-state index < -0.39 is 0 Å². The van der Waals surface area contributed by atoms with E-state index in [1.165, 1.54) is 0 Å². The van der Waals surface area contributed by atoms with Crippen LogP contribution in [0.5, 0.6) is 0 Å². The molecule has 1 unspecified atom stereocenters. The monoisotopic (exact) mass is 299 g/mol. The average Bonchev–Trinajstić information content (AvgIpc) is 2.54. The third kappa shape index (κ3) is 4.64. The van der Waals surface area contributed by atoms with Gasteiger partial charge in [-0.1, -0.05) is 55.5 Å². The van der Waals surface area contributed by atoms with E-state index in [0.717, 1.165) is 16.9 Å². The SMILES string of the molecule is CCC(C)NC(=O)[C@H](Sc1ccccc1)c1ccccc1. The summed E-state index contributed by atoms with van der Waals surface area (Å²) in [7, 11) is 0. The van der Waals surface area contributed by atoms with Crippen molar-refractivity contribution in [1.82, 2.24) is 5.32 Å². The molecule has 0 aromatic heterocycles. The summed E-state index contributed by atoms with van der Waals surface area (Å²) in [5.41, 5.74) is 1.03. The highest BCUT2D eigenvalue weighted by molar-refractivity contribution is 8.00. The van der Waals surface area contributed by atoms with E-state index in [-0.39, 0.29) is 17.2 Å². The van der Waals surface area contributed by atoms with Crippen LogP contribution in [0.15, 0.2) is 65.6 Å². The van der Waals surface area contributed by atoms with Gasteiger partial charge in [-0.05, 0) is 31.0 Å². The minimum absolute atomic E-state index is 0.0735. The second-order valence-electron chi connectivity index (χ2n) is 5.04. The first kappa shape index (κ1) is 15.6. The Morgan fingerprint density at radius 3 is 2.19 bits per heavy atom. The third-order valence-electron chi connectivity index (χ3n) is 3.34. The van der Waals surface area contributed by atoms with Crippen LogP contribution in [-0.4, -0.2) is 11.9 Å². The van der Waals surface area contributed by atoms with Gasteiger partial charge in [0.1, 0.15) is 5.25 Å². The summed E-state index contributed by atoms with van der Waals surface area (Å²) >= 11 is 1.59. The van der Waals surface area contributed by atoms with Gasteiger partial charge in [0.15, 0.2) is 0 Å². The maximum absolute atomic E-state index is 12.6. The van der Waals surface area contributed by atoms with Crippen molar-refractivity contribution in [3.63, 3.8) is 0 Å². The molecule has 2 atom stereocenters. The number of carbonyl (C=O) groups excluding carboxylic acids is 1. The largest absolute Gasteiger partial charge is 0.352 e. The van der Waals surface area contributed by atoms with E-state index in [9.17, 15) is 4.79 Å². The zero-order valence-electron chi connectivity index (χ0n) is 12.5. The molecule has 2 nitrogen and oxygen atoms in total. The van der Waals surface area contributed by atoms with Crippen molar-refractivity contribution in [1.29, 1.82) is 0 Å². The fraction of sp³-hybridized carbons (Fsp3) is 0.278. The van der Waals surface area contributed by atoms with Crippen molar-refractivity contribution < 1.29 is 4.79 Å². The second kappa shape index (κ2) is 7.89. The smallest absolute Gasteiger partial charge is 0.238 e. The average molecular weight is 299 g/mol. The Kier molecular flexibility index (Phi) is 5.88. The number of carbonyl (C=O) groups is 1. The molecule has 0 heterocycles. The molecule has 0 saturated carbocycles. The van der Waals surface area contributed by atoms with Crippen LogP contribution in [0.4, 0.5) is 0 Å². The van der Waals surface area contributed by atoms with Crippen molar-refractivity contribution in [2.24, 2.45) is 0 Å². The summed E-state index contributed by atoms with van der Waals surface area (Å²) in [5, 5.41) is 2.87. The highest BCUT2D eigenvalue weighted by Crippen LogP contribution is 2.35. The summed E-state index contributed by atoms with van der Waals surface area (Å²) in [5.74, 6) is 0.0735. The van der Waals surface area contributed by atoms with E-state index in [4.69, 9.17) is 0 Å². The molecule has 0 radical (unpaired) electrons. The quantitative estimate of drug-likeness (QED) is 0.799. The van der Waals surface area contributed by atoms with Crippen molar-refractivity contribution in [2.75, 3.05) is 0 Å². The Bertz CT molecular complexity index is 556. The summed E-state index contributed by atoms with van der Waals surface area (Å²) < 4.78 is 0. The Hall–Kier alpha value is -1.74. The van der Waals surface area contributed by atoms with Gasteiger partial charge in [-0.25, -0.2) is 0 Å². The van der Waals surface area contributed by atoms with Gasteiger partial charge < -0.3 is 5.32 Å². The number of nitrogens with one attached hydrogen (secondary N) is 1.